The van der Waals surface area contributed by atoms with Gasteiger partial charge in [-0.3, -0.25) is 4.72 Å². The van der Waals surface area contributed by atoms with Crippen LogP contribution in [0.5, 0.6) is 11.5 Å². The van der Waals surface area contributed by atoms with Gasteiger partial charge >= 0.3 is 16.5 Å². The number of benzene rings is 3. The van der Waals surface area contributed by atoms with E-state index in [1.54, 1.807) is 0 Å². The van der Waals surface area contributed by atoms with E-state index in [9.17, 15) is 17.2 Å². The summed E-state index contributed by atoms with van der Waals surface area (Å²) in [5, 5.41) is 0. The van der Waals surface area contributed by atoms with Gasteiger partial charge in [0.05, 0.1) is 5.69 Å². The van der Waals surface area contributed by atoms with Crippen LogP contribution < -0.4 is 14.2 Å². The molecule has 0 spiro atoms. The number of nitrogens with one attached hydrogen (secondary N) is 1. The van der Waals surface area contributed by atoms with Crippen molar-refractivity contribution >= 4 is 15.9 Å². The molecule has 0 amide bonds. The first-order chi connectivity index (χ1) is 17.3. The van der Waals surface area contributed by atoms with Crippen LogP contribution in [-0.2, 0) is 23.1 Å². The first-order valence-corrected chi connectivity index (χ1v) is 13.6. The summed E-state index contributed by atoms with van der Waals surface area (Å²) in [5.74, 6) is -0.132. The average molecular weight is 513 g/mol. The molecule has 1 aliphatic carbocycles. The van der Waals surface area contributed by atoms with E-state index >= 15 is 0 Å². The summed E-state index contributed by atoms with van der Waals surface area (Å²) in [5.41, 5.74) is 5.32. The lowest BCUT2D eigenvalue weighted by atomic mass is 9.76. The molecule has 6 rings (SSSR count). The van der Waals surface area contributed by atoms with Crippen LogP contribution in [0, 0.1) is 5.92 Å². The van der Waals surface area contributed by atoms with Crippen molar-refractivity contribution in [3.8, 4) is 11.5 Å². The number of alkyl halides is 2. The zero-order valence-corrected chi connectivity index (χ0v) is 20.3. The van der Waals surface area contributed by atoms with E-state index in [0.717, 1.165) is 25.7 Å². The van der Waals surface area contributed by atoms with E-state index in [1.807, 2.05) is 0 Å². The van der Waals surface area contributed by atoms with Crippen molar-refractivity contribution in [2.75, 3.05) is 17.8 Å². The molecule has 2 heterocycles. The topological polar surface area (TPSA) is 67.9 Å². The zero-order valence-electron chi connectivity index (χ0n) is 19.5. The fourth-order valence-corrected chi connectivity index (χ4v) is 7.08. The van der Waals surface area contributed by atoms with Gasteiger partial charge in [-0.25, -0.2) is 0 Å². The molecule has 0 saturated carbocycles. The maximum Gasteiger partial charge on any atom is 0.586 e. The summed E-state index contributed by atoms with van der Waals surface area (Å²) in [7, 11) is -3.92. The molecule has 1 N–H and O–H groups in total. The van der Waals surface area contributed by atoms with E-state index in [2.05, 4.69) is 62.7 Å². The van der Waals surface area contributed by atoms with Crippen molar-refractivity contribution < 1.29 is 26.7 Å². The molecule has 2 aliphatic heterocycles. The van der Waals surface area contributed by atoms with Crippen molar-refractivity contribution in [3.05, 3.63) is 89.0 Å². The Morgan fingerprint density at radius 3 is 2.22 bits per heavy atom. The molecular formula is C27H26F2N2O4S. The Labute approximate surface area is 209 Å². The van der Waals surface area contributed by atoms with Crippen LogP contribution in [0.4, 0.5) is 14.5 Å². The molecule has 3 aromatic rings. The molecule has 1 atom stereocenters. The van der Waals surface area contributed by atoms with E-state index in [1.165, 1.54) is 44.8 Å². The van der Waals surface area contributed by atoms with Crippen LogP contribution in [0.1, 0.15) is 41.0 Å². The molecule has 6 nitrogen and oxygen atoms in total. The number of hydrogen-bond acceptors (Lipinski definition) is 4. The summed E-state index contributed by atoms with van der Waals surface area (Å²) < 4.78 is 66.3. The highest BCUT2D eigenvalue weighted by Crippen LogP contribution is 2.44. The molecule has 3 aromatic carbocycles. The van der Waals surface area contributed by atoms with Crippen LogP contribution in [0.15, 0.2) is 66.7 Å². The van der Waals surface area contributed by atoms with Gasteiger partial charge in [0.1, 0.15) is 0 Å². The SMILES string of the molecule is O=S(=O)(Nc1ccc2c(c1)OC(F)(F)O2)N1CCCC(C2c3ccccc3CCc3ccccc32)C1. The lowest BCUT2D eigenvalue weighted by Gasteiger charge is -2.37. The van der Waals surface area contributed by atoms with Crippen molar-refractivity contribution in [1.82, 2.24) is 4.31 Å². The van der Waals surface area contributed by atoms with E-state index in [-0.39, 0.29) is 29.0 Å². The molecule has 0 bridgehead atoms. The number of aryl methyl sites for hydroxylation is 2. The fraction of sp³-hybridized carbons (Fsp3) is 0.333. The van der Waals surface area contributed by atoms with Crippen LogP contribution in [0.25, 0.3) is 0 Å². The molecule has 36 heavy (non-hydrogen) atoms. The lowest BCUT2D eigenvalue weighted by molar-refractivity contribution is -0.286. The van der Waals surface area contributed by atoms with Gasteiger partial charge in [-0.1, -0.05) is 48.5 Å². The highest BCUT2D eigenvalue weighted by Gasteiger charge is 2.43. The van der Waals surface area contributed by atoms with Gasteiger partial charge < -0.3 is 9.47 Å². The van der Waals surface area contributed by atoms with Gasteiger partial charge in [0.2, 0.25) is 0 Å². The Morgan fingerprint density at radius 2 is 1.53 bits per heavy atom. The van der Waals surface area contributed by atoms with Crippen molar-refractivity contribution in [2.24, 2.45) is 5.92 Å². The summed E-state index contributed by atoms with van der Waals surface area (Å²) in [4.78, 5) is 0. The van der Waals surface area contributed by atoms with Gasteiger partial charge in [-0.15, -0.1) is 8.78 Å². The highest BCUT2D eigenvalue weighted by molar-refractivity contribution is 7.90. The fourth-order valence-electron chi connectivity index (χ4n) is 5.77. The van der Waals surface area contributed by atoms with E-state index in [0.29, 0.717) is 13.1 Å². The molecule has 188 valence electrons. The molecular weight excluding hydrogens is 486 g/mol. The van der Waals surface area contributed by atoms with Gasteiger partial charge in [-0.05, 0) is 66.0 Å². The summed E-state index contributed by atoms with van der Waals surface area (Å²) in [6, 6.07) is 20.8. The molecule has 1 fully saturated rings. The number of fused-ring (bicyclic) bond motifs is 3. The van der Waals surface area contributed by atoms with E-state index in [4.69, 9.17) is 0 Å². The Morgan fingerprint density at radius 1 is 0.889 bits per heavy atom. The first-order valence-electron chi connectivity index (χ1n) is 12.1. The number of nitrogens with zero attached hydrogens (tertiary/aromatic N) is 1. The number of ether oxygens (including phenoxy) is 2. The maximum absolute atomic E-state index is 13.4. The number of halogens is 2. The Hall–Kier alpha value is -3.17. The minimum Gasteiger partial charge on any atom is -0.395 e. The van der Waals surface area contributed by atoms with Gasteiger partial charge in [-0.2, -0.15) is 12.7 Å². The Balaban J connectivity index is 1.27. The summed E-state index contributed by atoms with van der Waals surface area (Å²) in [6.07, 6.45) is -0.185. The van der Waals surface area contributed by atoms with Crippen LogP contribution in [-0.4, -0.2) is 32.1 Å². The molecule has 9 heteroatoms. The summed E-state index contributed by atoms with van der Waals surface area (Å²) >= 11 is 0. The van der Waals surface area contributed by atoms with Crippen molar-refractivity contribution in [1.29, 1.82) is 0 Å². The van der Waals surface area contributed by atoms with Gasteiger partial charge in [0, 0.05) is 25.1 Å². The zero-order chi connectivity index (χ0) is 24.9. The second kappa shape index (κ2) is 8.74. The second-order valence-corrected chi connectivity index (χ2v) is 11.2. The number of rotatable bonds is 4. The first kappa shape index (κ1) is 23.2. The predicted molar refractivity (Wildman–Crippen MR) is 132 cm³/mol. The lowest BCUT2D eigenvalue weighted by Crippen LogP contribution is -2.44. The minimum absolute atomic E-state index is 0.102. The third-order valence-electron chi connectivity index (χ3n) is 7.32. The smallest absolute Gasteiger partial charge is 0.395 e. The Kier molecular flexibility index (Phi) is 5.64. The second-order valence-electron chi connectivity index (χ2n) is 9.57. The summed E-state index contributed by atoms with van der Waals surface area (Å²) in [6.45, 7) is 0.760. The monoisotopic (exact) mass is 512 g/mol. The number of piperidine rings is 1. The van der Waals surface area contributed by atoms with E-state index < -0.39 is 16.5 Å². The molecule has 0 radical (unpaired) electrons. The molecule has 0 aromatic heterocycles. The third kappa shape index (κ3) is 4.30. The third-order valence-corrected chi connectivity index (χ3v) is 8.83. The largest absolute Gasteiger partial charge is 0.586 e. The normalized spacial score (nSPS) is 21.3. The highest BCUT2D eigenvalue weighted by atomic mass is 32.2. The predicted octanol–water partition coefficient (Wildman–Crippen LogP) is 5.31. The van der Waals surface area contributed by atoms with Crippen LogP contribution in [0.2, 0.25) is 0 Å². The van der Waals surface area contributed by atoms with Gasteiger partial charge in [0.25, 0.3) is 0 Å². The standard InChI is InChI=1S/C27H26F2N2O4S/c28-27(29)34-24-14-13-21(16-25(24)35-27)30-36(32,33)31-15-5-8-20(17-31)26-22-9-3-1-6-18(22)11-12-19-7-2-4-10-23(19)26/h1-4,6-7,9-10,13-14,16,20,26,30H,5,8,11-12,15,17H2. The minimum atomic E-state index is -3.92. The maximum atomic E-state index is 13.4. The average Bonchev–Trinajstić information content (AvgIpc) is 3.07. The number of anilines is 1. The van der Waals surface area contributed by atoms with Crippen molar-refractivity contribution in [2.45, 2.75) is 37.9 Å². The molecule has 1 saturated heterocycles. The number of hydrogen-bond donors (Lipinski definition) is 1. The molecule has 1 unspecified atom stereocenters. The Bertz CT molecular complexity index is 1360. The van der Waals surface area contributed by atoms with Crippen LogP contribution >= 0.6 is 0 Å². The van der Waals surface area contributed by atoms with Crippen LogP contribution in [0.3, 0.4) is 0 Å². The molecule has 3 aliphatic rings. The van der Waals surface area contributed by atoms with Gasteiger partial charge in [0.15, 0.2) is 11.5 Å². The van der Waals surface area contributed by atoms with Crippen molar-refractivity contribution in [3.63, 3.8) is 0 Å². The quantitative estimate of drug-likeness (QED) is 0.515.